The summed E-state index contributed by atoms with van der Waals surface area (Å²) in [4.78, 5) is 75.6. The molecule has 6 aromatic rings. The van der Waals surface area contributed by atoms with Crippen LogP contribution in [0.15, 0.2) is 73.3 Å². The van der Waals surface area contributed by atoms with Crippen molar-refractivity contribution in [2.75, 3.05) is 11.9 Å². The van der Waals surface area contributed by atoms with E-state index >= 15 is 0 Å². The second-order valence-electron chi connectivity index (χ2n) is 14.3. The molecule has 0 unspecified atom stereocenters. The van der Waals surface area contributed by atoms with Crippen molar-refractivity contribution in [1.29, 1.82) is 0 Å². The predicted molar refractivity (Wildman–Crippen MR) is 207 cm³/mol. The highest BCUT2D eigenvalue weighted by molar-refractivity contribution is 6.12. The Hall–Kier alpha value is -6.68. The molecule has 2 aromatic heterocycles. The van der Waals surface area contributed by atoms with Crippen molar-refractivity contribution >= 4 is 79.1 Å². The lowest BCUT2D eigenvalue weighted by Gasteiger charge is -2.42. The Bertz CT molecular complexity index is 2640. The standard InChI is InChI=1S/C42H39N5O11/c1-20(48)53-17-33-32(54-21(2)49)16-34(58-33)47-19-45-37-41(43-18-44-42(37)47)46-36-35-29(38(55-22(3)50)40(57-24(5)52)39(36)56-23(4)51)13-12-27-14-26-11-10-25-8-6-7-9-28(25)30(26)15-31(27)35/h6-15,18-19,32-34,36,38-40H,16-17H2,1-5H3,(H,43,44,46)/t32-,33+,34+,36+,38+,39-,40-/m0/s1. The van der Waals surface area contributed by atoms with Gasteiger partial charge < -0.3 is 33.7 Å². The van der Waals surface area contributed by atoms with Crippen LogP contribution in [0.1, 0.15) is 70.5 Å². The van der Waals surface area contributed by atoms with Gasteiger partial charge in [-0.25, -0.2) is 15.0 Å². The number of ether oxygens (including phenoxy) is 6. The Morgan fingerprint density at radius 3 is 2.16 bits per heavy atom. The fourth-order valence-corrected chi connectivity index (χ4v) is 8.15. The first kappa shape index (κ1) is 38.2. The maximum absolute atomic E-state index is 12.9. The number of carbonyl (C=O) groups excluding carboxylic acids is 5. The number of hydrogen-bond acceptors (Lipinski definition) is 15. The van der Waals surface area contributed by atoms with E-state index in [0.29, 0.717) is 22.3 Å². The molecule has 0 spiro atoms. The van der Waals surface area contributed by atoms with Crippen molar-refractivity contribution in [3.8, 4) is 0 Å². The molecule has 3 heterocycles. The van der Waals surface area contributed by atoms with E-state index in [9.17, 15) is 24.0 Å². The number of fused-ring (bicyclic) bond motifs is 7. The zero-order chi connectivity index (χ0) is 40.8. The van der Waals surface area contributed by atoms with Crippen LogP contribution in [0.2, 0.25) is 0 Å². The fourth-order valence-electron chi connectivity index (χ4n) is 8.15. The Morgan fingerprint density at radius 2 is 1.41 bits per heavy atom. The number of imidazole rings is 1. The van der Waals surface area contributed by atoms with E-state index < -0.39 is 72.6 Å². The van der Waals surface area contributed by atoms with E-state index in [1.807, 2.05) is 36.4 Å². The zero-order valence-corrected chi connectivity index (χ0v) is 32.2. The van der Waals surface area contributed by atoms with E-state index in [1.54, 1.807) is 4.57 Å². The maximum atomic E-state index is 12.9. The lowest BCUT2D eigenvalue weighted by Crippen LogP contribution is -2.49. The van der Waals surface area contributed by atoms with Crippen molar-refractivity contribution in [3.63, 3.8) is 0 Å². The number of esters is 5. The lowest BCUT2D eigenvalue weighted by molar-refractivity contribution is -0.187. The summed E-state index contributed by atoms with van der Waals surface area (Å²) in [6.07, 6.45) is -2.80. The molecule has 7 atom stereocenters. The SMILES string of the molecule is CC(=O)OC[C@H]1O[C@@H](n2cnc3c(N[C@@H]4c5c(ccc6cc7ccc8ccccc8c7cc56)[C@@H](OC(C)=O)[C@H](OC(C)=O)[C@H]4OC(C)=O)ncnc32)C[C@@H]1OC(C)=O. The van der Waals surface area contributed by atoms with Crippen molar-refractivity contribution in [2.24, 2.45) is 0 Å². The first-order valence-electron chi connectivity index (χ1n) is 18.7. The third-order valence-corrected chi connectivity index (χ3v) is 10.3. The smallest absolute Gasteiger partial charge is 0.303 e. The van der Waals surface area contributed by atoms with E-state index in [-0.39, 0.29) is 18.8 Å². The van der Waals surface area contributed by atoms with Crippen LogP contribution in [-0.4, -0.2) is 80.4 Å². The molecule has 8 rings (SSSR count). The molecule has 1 fully saturated rings. The maximum Gasteiger partial charge on any atom is 0.303 e. The van der Waals surface area contributed by atoms with Gasteiger partial charge in [0.1, 0.15) is 31.4 Å². The zero-order valence-electron chi connectivity index (χ0n) is 32.2. The van der Waals surface area contributed by atoms with Crippen molar-refractivity contribution in [2.45, 2.75) is 83.8 Å². The van der Waals surface area contributed by atoms with Crippen molar-refractivity contribution < 1.29 is 52.4 Å². The summed E-state index contributed by atoms with van der Waals surface area (Å²) in [5.74, 6) is -2.77. The molecule has 0 amide bonds. The van der Waals surface area contributed by atoms with Crippen LogP contribution in [0, 0.1) is 0 Å². The topological polar surface area (TPSA) is 196 Å². The molecule has 0 saturated carbocycles. The van der Waals surface area contributed by atoms with Gasteiger partial charge in [-0.1, -0.05) is 48.5 Å². The van der Waals surface area contributed by atoms with Gasteiger partial charge >= 0.3 is 29.8 Å². The number of hydrogen-bond donors (Lipinski definition) is 1. The molecule has 4 aromatic carbocycles. The molecule has 58 heavy (non-hydrogen) atoms. The van der Waals surface area contributed by atoms with Crippen LogP contribution in [0.3, 0.4) is 0 Å². The molecule has 0 radical (unpaired) electrons. The van der Waals surface area contributed by atoms with Crippen molar-refractivity contribution in [1.82, 2.24) is 19.5 Å². The minimum atomic E-state index is -1.27. The fraction of sp³-hybridized carbons (Fsp3) is 0.333. The number of aromatic nitrogens is 4. The molecule has 16 nitrogen and oxygen atoms in total. The third-order valence-electron chi connectivity index (χ3n) is 10.3. The van der Waals surface area contributed by atoms with Gasteiger partial charge in [0.15, 0.2) is 35.3 Å². The van der Waals surface area contributed by atoms with Crippen LogP contribution in [0.4, 0.5) is 5.82 Å². The molecule has 0 bridgehead atoms. The number of nitrogens with one attached hydrogen (secondary N) is 1. The summed E-state index contributed by atoms with van der Waals surface area (Å²) >= 11 is 0. The third kappa shape index (κ3) is 7.22. The van der Waals surface area contributed by atoms with Crippen LogP contribution in [0.25, 0.3) is 43.5 Å². The summed E-state index contributed by atoms with van der Waals surface area (Å²) in [7, 11) is 0. The molecule has 1 aliphatic carbocycles. The summed E-state index contributed by atoms with van der Waals surface area (Å²) in [6, 6.07) is 19.1. The average molecular weight is 790 g/mol. The highest BCUT2D eigenvalue weighted by Gasteiger charge is 2.50. The first-order valence-corrected chi connectivity index (χ1v) is 18.7. The summed E-state index contributed by atoms with van der Waals surface area (Å²) in [6.45, 7) is 6.15. The number of nitrogens with zero attached hydrogens (tertiary/aromatic N) is 4. The largest absolute Gasteiger partial charge is 0.463 e. The highest BCUT2D eigenvalue weighted by Crippen LogP contribution is 2.47. The number of anilines is 1. The van der Waals surface area contributed by atoms with E-state index in [1.165, 1.54) is 47.3 Å². The molecular weight excluding hydrogens is 750 g/mol. The quantitative estimate of drug-likeness (QED) is 0.0810. The molecule has 1 aliphatic heterocycles. The van der Waals surface area contributed by atoms with E-state index in [4.69, 9.17) is 28.4 Å². The van der Waals surface area contributed by atoms with Crippen molar-refractivity contribution in [3.05, 3.63) is 84.4 Å². The second-order valence-corrected chi connectivity index (χ2v) is 14.3. The Balaban J connectivity index is 1.29. The summed E-state index contributed by atoms with van der Waals surface area (Å²) < 4.78 is 36.4. The molecular formula is C42H39N5O11. The Labute approximate surface area is 330 Å². The van der Waals surface area contributed by atoms with Gasteiger partial charge in [-0.05, 0) is 50.0 Å². The first-order chi connectivity index (χ1) is 27.9. The average Bonchev–Trinajstić information content (AvgIpc) is 3.79. The van der Waals surface area contributed by atoms with Crippen LogP contribution in [-0.2, 0) is 52.4 Å². The number of rotatable bonds is 9. The normalized spacial score (nSPS) is 22.7. The van der Waals surface area contributed by atoms with Gasteiger partial charge in [-0.15, -0.1) is 0 Å². The highest BCUT2D eigenvalue weighted by atomic mass is 16.6. The lowest BCUT2D eigenvalue weighted by atomic mass is 9.78. The summed E-state index contributed by atoms with van der Waals surface area (Å²) in [5, 5.41) is 9.11. The number of carbonyl (C=O) groups is 5. The Morgan fingerprint density at radius 1 is 0.724 bits per heavy atom. The van der Waals surface area contributed by atoms with Gasteiger partial charge in [0.05, 0.1) is 12.4 Å². The van der Waals surface area contributed by atoms with E-state index in [0.717, 1.165) is 32.3 Å². The summed E-state index contributed by atoms with van der Waals surface area (Å²) in [5.41, 5.74) is 1.81. The van der Waals surface area contributed by atoms with Gasteiger partial charge in [0.25, 0.3) is 0 Å². The van der Waals surface area contributed by atoms with Crippen LogP contribution in [0.5, 0.6) is 0 Å². The molecule has 298 valence electrons. The molecule has 1 saturated heterocycles. The van der Waals surface area contributed by atoms with E-state index in [2.05, 4.69) is 44.5 Å². The molecule has 1 N–H and O–H groups in total. The van der Waals surface area contributed by atoms with Gasteiger partial charge in [0.2, 0.25) is 0 Å². The molecule has 16 heteroatoms. The van der Waals surface area contributed by atoms with Gasteiger partial charge in [0, 0.05) is 46.6 Å². The van der Waals surface area contributed by atoms with Crippen LogP contribution >= 0.6 is 0 Å². The van der Waals surface area contributed by atoms with Crippen LogP contribution < -0.4 is 5.32 Å². The predicted octanol–water partition coefficient (Wildman–Crippen LogP) is 5.70. The Kier molecular flexibility index (Phi) is 10.1. The monoisotopic (exact) mass is 789 g/mol. The molecule has 2 aliphatic rings. The second kappa shape index (κ2) is 15.3. The van der Waals surface area contributed by atoms with Gasteiger partial charge in [-0.2, -0.15) is 0 Å². The van der Waals surface area contributed by atoms with Gasteiger partial charge in [-0.3, -0.25) is 28.5 Å². The number of benzene rings is 4. The minimum Gasteiger partial charge on any atom is -0.463 e. The minimum absolute atomic E-state index is 0.131.